The SMILES string of the molecule is O=C([O-])C1=CN=C2C=CC=CC23C1=CCC1=CC=C(Cl)NC13.[Na+]. The third-order valence-electron chi connectivity index (χ3n) is 4.53. The topological polar surface area (TPSA) is 64.5 Å². The average molecular weight is 335 g/mol. The number of nitrogens with zero attached hydrogens (tertiary/aromatic N) is 1. The van der Waals surface area contributed by atoms with Crippen molar-refractivity contribution in [2.45, 2.75) is 12.5 Å². The Morgan fingerprint density at radius 2 is 2.22 bits per heavy atom. The molecule has 0 radical (unpaired) electrons. The van der Waals surface area contributed by atoms with Gasteiger partial charge in [0.15, 0.2) is 0 Å². The predicted molar refractivity (Wildman–Crippen MR) is 82.9 cm³/mol. The number of carboxylic acid groups (broad SMARTS) is 1. The van der Waals surface area contributed by atoms with E-state index in [1.807, 2.05) is 42.5 Å². The van der Waals surface area contributed by atoms with E-state index in [0.717, 1.165) is 16.9 Å². The second-order valence-corrected chi connectivity index (χ2v) is 5.99. The van der Waals surface area contributed by atoms with Crippen LogP contribution in [0.15, 0.2) is 75.6 Å². The number of carbonyl (C=O) groups excluding carboxylic acids is 1. The molecule has 0 bridgehead atoms. The van der Waals surface area contributed by atoms with Gasteiger partial charge in [-0.25, -0.2) is 0 Å². The second-order valence-electron chi connectivity index (χ2n) is 5.59. The van der Waals surface area contributed by atoms with Crippen LogP contribution in [0.1, 0.15) is 6.42 Å². The third-order valence-corrected chi connectivity index (χ3v) is 4.77. The number of hydrogen-bond donors (Lipinski definition) is 1. The molecule has 0 amide bonds. The van der Waals surface area contributed by atoms with E-state index in [1.165, 1.54) is 6.20 Å². The molecule has 2 atom stereocenters. The number of carbonyl (C=O) groups is 1. The maximum Gasteiger partial charge on any atom is 1.00 e. The number of rotatable bonds is 1. The van der Waals surface area contributed by atoms with Crippen LogP contribution in [-0.4, -0.2) is 17.7 Å². The monoisotopic (exact) mass is 334 g/mol. The van der Waals surface area contributed by atoms with E-state index in [-0.39, 0.29) is 41.2 Å². The fraction of sp³-hybridized carbons (Fsp3) is 0.176. The molecule has 0 aromatic rings. The number of fused-ring (bicyclic) bond motifs is 1. The van der Waals surface area contributed by atoms with Crippen molar-refractivity contribution < 1.29 is 39.5 Å². The Hall–Kier alpha value is -1.33. The smallest absolute Gasteiger partial charge is 0.545 e. The zero-order valence-electron chi connectivity index (χ0n) is 12.5. The average Bonchev–Trinajstić information content (AvgIpc) is 2.52. The van der Waals surface area contributed by atoms with Gasteiger partial charge in [-0.15, -0.1) is 0 Å². The van der Waals surface area contributed by atoms with Crippen molar-refractivity contribution in [3.8, 4) is 0 Å². The number of halogens is 1. The summed E-state index contributed by atoms with van der Waals surface area (Å²) in [5.41, 5.74) is 2.16. The van der Waals surface area contributed by atoms with E-state index in [9.17, 15) is 9.90 Å². The van der Waals surface area contributed by atoms with Crippen LogP contribution in [0.4, 0.5) is 0 Å². The van der Waals surface area contributed by atoms with Gasteiger partial charge in [0.1, 0.15) is 5.16 Å². The molecule has 2 aliphatic carbocycles. The first kappa shape index (κ1) is 16.5. The number of aliphatic carboxylic acids is 1. The number of hydrogen-bond acceptors (Lipinski definition) is 4. The molecular weight excluding hydrogens is 323 g/mol. The van der Waals surface area contributed by atoms with E-state index in [0.29, 0.717) is 11.6 Å². The molecule has 2 heterocycles. The molecule has 1 N–H and O–H groups in total. The number of aliphatic imine (C=N–C) groups is 1. The van der Waals surface area contributed by atoms with Crippen molar-refractivity contribution in [2.75, 3.05) is 0 Å². The number of allylic oxidation sites excluding steroid dienone is 6. The molecule has 0 aromatic carbocycles. The molecule has 0 aromatic heterocycles. The summed E-state index contributed by atoms with van der Waals surface area (Å²) < 4.78 is 0. The molecule has 110 valence electrons. The summed E-state index contributed by atoms with van der Waals surface area (Å²) in [4.78, 5) is 15.9. The zero-order chi connectivity index (χ0) is 15.3. The second kappa shape index (κ2) is 5.95. The van der Waals surface area contributed by atoms with Gasteiger partial charge in [-0.1, -0.05) is 42.0 Å². The maximum absolute atomic E-state index is 11.5. The van der Waals surface area contributed by atoms with Crippen molar-refractivity contribution in [1.82, 2.24) is 5.32 Å². The van der Waals surface area contributed by atoms with E-state index >= 15 is 0 Å². The molecule has 2 aliphatic heterocycles. The first-order valence-electron chi connectivity index (χ1n) is 7.02. The summed E-state index contributed by atoms with van der Waals surface area (Å²) in [5, 5.41) is 15.3. The van der Waals surface area contributed by atoms with E-state index in [4.69, 9.17) is 11.6 Å². The summed E-state index contributed by atoms with van der Waals surface area (Å²) in [6.07, 6.45) is 15.5. The maximum atomic E-state index is 11.5. The van der Waals surface area contributed by atoms with Crippen molar-refractivity contribution in [2.24, 2.45) is 10.4 Å². The number of dihydropyridines is 1. The predicted octanol–water partition coefficient (Wildman–Crippen LogP) is -1.50. The van der Waals surface area contributed by atoms with Crippen LogP contribution in [0.25, 0.3) is 0 Å². The summed E-state index contributed by atoms with van der Waals surface area (Å²) in [5.74, 6) is -1.21. The Morgan fingerprint density at radius 3 is 3.00 bits per heavy atom. The molecule has 1 spiro atoms. The van der Waals surface area contributed by atoms with Crippen LogP contribution in [0.3, 0.4) is 0 Å². The Labute approximate surface area is 161 Å². The van der Waals surface area contributed by atoms with Gasteiger partial charge in [0.05, 0.1) is 23.1 Å². The van der Waals surface area contributed by atoms with Crippen LogP contribution in [0, 0.1) is 5.41 Å². The van der Waals surface area contributed by atoms with E-state index < -0.39 is 11.4 Å². The zero-order valence-corrected chi connectivity index (χ0v) is 15.3. The van der Waals surface area contributed by atoms with Crippen molar-refractivity contribution in [3.63, 3.8) is 0 Å². The fourth-order valence-electron chi connectivity index (χ4n) is 3.59. The summed E-state index contributed by atoms with van der Waals surface area (Å²) in [6.45, 7) is 0. The molecule has 4 aliphatic rings. The molecule has 0 fully saturated rings. The van der Waals surface area contributed by atoms with Gasteiger partial charge < -0.3 is 15.2 Å². The molecule has 4 nitrogen and oxygen atoms in total. The molecular formula is C17H12ClN2NaO2. The molecule has 2 unspecified atom stereocenters. The van der Waals surface area contributed by atoms with Crippen molar-refractivity contribution in [1.29, 1.82) is 0 Å². The summed E-state index contributed by atoms with van der Waals surface area (Å²) in [7, 11) is 0. The largest absolute Gasteiger partial charge is 1.00 e. The van der Waals surface area contributed by atoms with Gasteiger partial charge in [-0.2, -0.15) is 0 Å². The molecule has 4 rings (SSSR count). The molecule has 0 saturated carbocycles. The van der Waals surface area contributed by atoms with Crippen LogP contribution < -0.4 is 40.0 Å². The third kappa shape index (κ3) is 2.32. The minimum absolute atomic E-state index is 0. The number of nitrogens with one attached hydrogen (secondary N) is 1. The van der Waals surface area contributed by atoms with Gasteiger partial charge in [-0.05, 0) is 29.7 Å². The van der Waals surface area contributed by atoms with E-state index in [1.54, 1.807) is 0 Å². The Bertz CT molecular complexity index is 801. The molecule has 0 saturated heterocycles. The quantitative estimate of drug-likeness (QED) is 0.469. The summed E-state index contributed by atoms with van der Waals surface area (Å²) in [6, 6.07) is -0.145. The first-order chi connectivity index (χ1) is 10.6. The minimum atomic E-state index is -1.21. The van der Waals surface area contributed by atoms with Crippen LogP contribution in [0.2, 0.25) is 0 Å². The van der Waals surface area contributed by atoms with Gasteiger partial charge in [-0.3, -0.25) is 4.99 Å². The van der Waals surface area contributed by atoms with Gasteiger partial charge in [0.25, 0.3) is 0 Å². The van der Waals surface area contributed by atoms with Gasteiger partial charge >= 0.3 is 29.6 Å². The molecule has 6 heteroatoms. The van der Waals surface area contributed by atoms with Gasteiger partial charge in [0, 0.05) is 11.8 Å². The van der Waals surface area contributed by atoms with Crippen molar-refractivity contribution >= 4 is 23.3 Å². The van der Waals surface area contributed by atoms with Gasteiger partial charge in [0.2, 0.25) is 0 Å². The Morgan fingerprint density at radius 1 is 1.39 bits per heavy atom. The fourth-order valence-corrected chi connectivity index (χ4v) is 3.76. The van der Waals surface area contributed by atoms with Crippen LogP contribution in [-0.2, 0) is 4.79 Å². The van der Waals surface area contributed by atoms with Crippen molar-refractivity contribution in [3.05, 3.63) is 70.6 Å². The Balaban J connectivity index is 0.00000156. The minimum Gasteiger partial charge on any atom is -0.545 e. The summed E-state index contributed by atoms with van der Waals surface area (Å²) >= 11 is 6.16. The first-order valence-corrected chi connectivity index (χ1v) is 7.40. The standard InChI is InChI=1S/C17H13ClN2O2.Na/c18-14-7-5-10-4-6-12-11(16(21)22)9-19-13-3-1-2-8-17(12,13)15(10)20-14;/h1-3,5-9,15,20H,4H2,(H,21,22);/q;+1/p-1. The van der Waals surface area contributed by atoms with Crippen LogP contribution in [0.5, 0.6) is 0 Å². The van der Waals surface area contributed by atoms with E-state index in [2.05, 4.69) is 10.3 Å². The van der Waals surface area contributed by atoms with Crippen LogP contribution >= 0.6 is 11.6 Å². The number of carboxylic acids is 1. The molecule has 23 heavy (non-hydrogen) atoms. The Kier molecular flexibility index (Phi) is 4.27. The normalized spacial score (nSPS) is 30.0.